The van der Waals surface area contributed by atoms with E-state index < -0.39 is 17.7 Å². The third-order valence-corrected chi connectivity index (χ3v) is 7.39. The first kappa shape index (κ1) is 27.0. The Morgan fingerprint density at radius 2 is 1.55 bits per heavy atom. The normalized spacial score (nSPS) is 16.7. The monoisotopic (exact) mass is 512 g/mol. The number of Topliss-reactive ketones (excluding diaryl/α,β-unsaturated/α-hetero) is 1. The number of ether oxygens (including phenoxy) is 1. The molecular formula is C32H36N2O4. The van der Waals surface area contributed by atoms with Crippen LogP contribution < -0.4 is 14.5 Å². The van der Waals surface area contributed by atoms with E-state index in [0.29, 0.717) is 17.0 Å². The highest BCUT2D eigenvalue weighted by Crippen LogP contribution is 2.44. The van der Waals surface area contributed by atoms with Crippen LogP contribution in [0.15, 0.2) is 60.2 Å². The Morgan fingerprint density at radius 3 is 2.13 bits per heavy atom. The molecule has 3 aromatic carbocycles. The van der Waals surface area contributed by atoms with Crippen molar-refractivity contribution >= 4 is 28.8 Å². The van der Waals surface area contributed by atoms with Gasteiger partial charge in [0, 0.05) is 30.0 Å². The smallest absolute Gasteiger partial charge is 0.300 e. The lowest BCUT2D eigenvalue weighted by Gasteiger charge is -2.28. The van der Waals surface area contributed by atoms with Crippen LogP contribution in [0.4, 0.5) is 11.4 Å². The van der Waals surface area contributed by atoms with Gasteiger partial charge in [-0.3, -0.25) is 14.5 Å². The summed E-state index contributed by atoms with van der Waals surface area (Å²) in [4.78, 5) is 31.0. The molecule has 0 bridgehead atoms. The topological polar surface area (TPSA) is 70.1 Å². The summed E-state index contributed by atoms with van der Waals surface area (Å²) in [7, 11) is 1.60. The molecule has 1 fully saturated rings. The molecule has 6 nitrogen and oxygen atoms in total. The predicted octanol–water partition coefficient (Wildman–Crippen LogP) is 6.40. The molecule has 0 radical (unpaired) electrons. The highest BCUT2D eigenvalue weighted by Gasteiger charge is 2.47. The van der Waals surface area contributed by atoms with Crippen molar-refractivity contribution in [3.63, 3.8) is 0 Å². The minimum atomic E-state index is -0.774. The lowest BCUT2D eigenvalue weighted by Crippen LogP contribution is -2.30. The molecule has 1 heterocycles. The van der Waals surface area contributed by atoms with Gasteiger partial charge in [-0.1, -0.05) is 29.8 Å². The summed E-state index contributed by atoms with van der Waals surface area (Å²) in [5.74, 6) is -0.845. The molecule has 6 heteroatoms. The van der Waals surface area contributed by atoms with Crippen LogP contribution in [0.1, 0.15) is 53.3 Å². The Kier molecular flexibility index (Phi) is 7.63. The third kappa shape index (κ3) is 4.67. The molecule has 4 rings (SSSR count). The second-order valence-corrected chi connectivity index (χ2v) is 9.86. The molecule has 1 N–H and O–H groups in total. The Bertz CT molecular complexity index is 1420. The molecule has 1 aliphatic rings. The number of carbonyl (C=O) groups is 2. The molecule has 38 heavy (non-hydrogen) atoms. The van der Waals surface area contributed by atoms with Crippen LogP contribution in [0.3, 0.4) is 0 Å². The first-order valence-corrected chi connectivity index (χ1v) is 13.0. The number of benzene rings is 3. The molecule has 1 saturated heterocycles. The van der Waals surface area contributed by atoms with Gasteiger partial charge < -0.3 is 14.7 Å². The maximum absolute atomic E-state index is 13.6. The van der Waals surface area contributed by atoms with Gasteiger partial charge in [-0.2, -0.15) is 0 Å². The number of nitrogens with zero attached hydrogens (tertiary/aromatic N) is 2. The van der Waals surface area contributed by atoms with Gasteiger partial charge in [0.05, 0.1) is 18.7 Å². The molecule has 0 spiro atoms. The summed E-state index contributed by atoms with van der Waals surface area (Å²) in [5.41, 5.74) is 6.57. The molecule has 1 amide bonds. The molecule has 198 valence electrons. The standard InChI is InChI=1S/C32H36N2O4/c1-8-33(9-2)24-13-11-23(12-14-24)29-28(30(35)25-17-22(6)27(38-7)18-20(25)4)31(36)32(37)34(29)26-15-10-19(3)16-21(26)5/h10-18,29,35H,8-9H2,1-7H3/b30-28+. The van der Waals surface area contributed by atoms with Crippen molar-refractivity contribution < 1.29 is 19.4 Å². The summed E-state index contributed by atoms with van der Waals surface area (Å²) in [6, 6.07) is 16.6. The first-order valence-electron chi connectivity index (χ1n) is 13.0. The lowest BCUT2D eigenvalue weighted by atomic mass is 9.92. The van der Waals surface area contributed by atoms with Crippen LogP contribution in [-0.2, 0) is 9.59 Å². The van der Waals surface area contributed by atoms with Crippen LogP contribution >= 0.6 is 0 Å². The molecule has 1 aliphatic heterocycles. The number of ketones is 1. The van der Waals surface area contributed by atoms with E-state index in [1.807, 2.05) is 76.2 Å². The molecule has 0 aliphatic carbocycles. The van der Waals surface area contributed by atoms with Gasteiger partial charge in [0.15, 0.2) is 0 Å². The lowest BCUT2D eigenvalue weighted by molar-refractivity contribution is -0.132. The average molecular weight is 513 g/mol. The van der Waals surface area contributed by atoms with Gasteiger partial charge in [-0.25, -0.2) is 0 Å². The van der Waals surface area contributed by atoms with Crippen LogP contribution in [-0.4, -0.2) is 37.0 Å². The summed E-state index contributed by atoms with van der Waals surface area (Å²) in [6.07, 6.45) is 0. The van der Waals surface area contributed by atoms with Crippen LogP contribution in [0.5, 0.6) is 5.75 Å². The van der Waals surface area contributed by atoms with Crippen LogP contribution in [0.25, 0.3) is 5.76 Å². The Balaban J connectivity index is 1.96. The van der Waals surface area contributed by atoms with Crippen molar-refractivity contribution in [3.8, 4) is 5.75 Å². The predicted molar refractivity (Wildman–Crippen MR) is 153 cm³/mol. The molecule has 0 saturated carbocycles. The second-order valence-electron chi connectivity index (χ2n) is 9.86. The second kappa shape index (κ2) is 10.7. The number of aliphatic hydroxyl groups excluding tert-OH is 1. The van der Waals surface area contributed by atoms with Gasteiger partial charge in [-0.05, 0) is 94.1 Å². The minimum Gasteiger partial charge on any atom is -0.507 e. The van der Waals surface area contributed by atoms with Gasteiger partial charge >= 0.3 is 0 Å². The maximum Gasteiger partial charge on any atom is 0.300 e. The van der Waals surface area contributed by atoms with E-state index in [-0.39, 0.29) is 11.3 Å². The summed E-state index contributed by atoms with van der Waals surface area (Å²) in [6.45, 7) is 13.6. The number of aliphatic hydroxyl groups is 1. The highest BCUT2D eigenvalue weighted by molar-refractivity contribution is 6.51. The number of carbonyl (C=O) groups excluding carboxylic acids is 2. The van der Waals surface area contributed by atoms with E-state index in [0.717, 1.165) is 46.6 Å². The zero-order valence-electron chi connectivity index (χ0n) is 23.3. The number of hydrogen-bond acceptors (Lipinski definition) is 5. The van der Waals surface area contributed by atoms with E-state index in [1.54, 1.807) is 13.2 Å². The summed E-state index contributed by atoms with van der Waals surface area (Å²) >= 11 is 0. The molecule has 0 aromatic heterocycles. The molecule has 1 atom stereocenters. The van der Waals surface area contributed by atoms with E-state index in [1.165, 1.54) is 4.90 Å². The Labute approximate surface area is 225 Å². The van der Waals surface area contributed by atoms with Crippen molar-refractivity contribution in [2.24, 2.45) is 0 Å². The van der Waals surface area contributed by atoms with Crippen LogP contribution in [0.2, 0.25) is 0 Å². The summed E-state index contributed by atoms with van der Waals surface area (Å²) in [5, 5.41) is 11.6. The average Bonchev–Trinajstić information content (AvgIpc) is 3.16. The Morgan fingerprint density at radius 1 is 0.895 bits per heavy atom. The van der Waals surface area contributed by atoms with Gasteiger partial charge in [0.1, 0.15) is 11.5 Å². The number of aryl methyl sites for hydroxylation is 4. The van der Waals surface area contributed by atoms with E-state index in [4.69, 9.17) is 4.74 Å². The summed E-state index contributed by atoms with van der Waals surface area (Å²) < 4.78 is 5.43. The zero-order valence-corrected chi connectivity index (χ0v) is 23.3. The fourth-order valence-electron chi connectivity index (χ4n) is 5.34. The number of hydrogen-bond donors (Lipinski definition) is 1. The van der Waals surface area contributed by atoms with Crippen molar-refractivity contribution in [2.75, 3.05) is 30.0 Å². The molecule has 3 aromatic rings. The number of methoxy groups -OCH3 is 1. The van der Waals surface area contributed by atoms with Gasteiger partial charge in [0.2, 0.25) is 0 Å². The fraction of sp³-hybridized carbons (Fsp3) is 0.312. The fourth-order valence-corrected chi connectivity index (χ4v) is 5.34. The van der Waals surface area contributed by atoms with Crippen molar-refractivity contribution in [1.29, 1.82) is 0 Å². The Hall–Kier alpha value is -4.06. The quantitative estimate of drug-likeness (QED) is 0.225. The SMILES string of the molecule is CCN(CC)c1ccc(C2/C(=C(\O)c3cc(C)c(OC)cc3C)C(=O)C(=O)N2c2ccc(C)cc2C)cc1. The van der Waals surface area contributed by atoms with Gasteiger partial charge in [-0.15, -0.1) is 0 Å². The number of rotatable bonds is 7. The molecule has 1 unspecified atom stereocenters. The zero-order chi connectivity index (χ0) is 27.7. The highest BCUT2D eigenvalue weighted by atomic mass is 16.5. The van der Waals surface area contributed by atoms with E-state index >= 15 is 0 Å². The minimum absolute atomic E-state index is 0.0817. The largest absolute Gasteiger partial charge is 0.507 e. The van der Waals surface area contributed by atoms with Gasteiger partial charge in [0.25, 0.3) is 11.7 Å². The third-order valence-electron chi connectivity index (χ3n) is 7.39. The van der Waals surface area contributed by atoms with Crippen molar-refractivity contribution in [2.45, 2.75) is 47.6 Å². The number of anilines is 2. The van der Waals surface area contributed by atoms with E-state index in [9.17, 15) is 14.7 Å². The number of amides is 1. The van der Waals surface area contributed by atoms with Crippen molar-refractivity contribution in [1.82, 2.24) is 0 Å². The van der Waals surface area contributed by atoms with Crippen molar-refractivity contribution in [3.05, 3.63) is 93.6 Å². The molecular weight excluding hydrogens is 476 g/mol. The van der Waals surface area contributed by atoms with E-state index in [2.05, 4.69) is 18.7 Å². The first-order chi connectivity index (χ1) is 18.1. The maximum atomic E-state index is 13.6. The van der Waals surface area contributed by atoms with Crippen LogP contribution in [0, 0.1) is 27.7 Å².